The fourth-order valence-corrected chi connectivity index (χ4v) is 4.10. The molecule has 0 bridgehead atoms. The van der Waals surface area contributed by atoms with Crippen molar-refractivity contribution in [1.82, 2.24) is 23.6 Å². The van der Waals surface area contributed by atoms with Gasteiger partial charge < -0.3 is 4.74 Å². The summed E-state index contributed by atoms with van der Waals surface area (Å²) in [6.45, 7) is 3.69. The van der Waals surface area contributed by atoms with Gasteiger partial charge in [0.15, 0.2) is 0 Å². The van der Waals surface area contributed by atoms with E-state index in [0.717, 1.165) is 6.54 Å². The topological polar surface area (TPSA) is 80.6 Å². The summed E-state index contributed by atoms with van der Waals surface area (Å²) in [6.07, 6.45) is 3.42. The largest absolute Gasteiger partial charge is 0.379 e. The van der Waals surface area contributed by atoms with Crippen molar-refractivity contribution in [2.75, 3.05) is 39.4 Å². The first kappa shape index (κ1) is 13.0. The molecule has 0 amide bonds. The molecule has 9 heteroatoms. The van der Waals surface area contributed by atoms with E-state index in [0.29, 0.717) is 45.3 Å². The zero-order valence-corrected chi connectivity index (χ0v) is 11.4. The number of morpholine rings is 1. The van der Waals surface area contributed by atoms with Crippen LogP contribution in [0.4, 0.5) is 0 Å². The Kier molecular flexibility index (Phi) is 3.52. The van der Waals surface area contributed by atoms with E-state index in [-0.39, 0.29) is 0 Å². The van der Waals surface area contributed by atoms with Crippen molar-refractivity contribution in [3.63, 3.8) is 0 Å². The van der Waals surface area contributed by atoms with Crippen LogP contribution in [-0.4, -0.2) is 71.4 Å². The van der Waals surface area contributed by atoms with Crippen molar-refractivity contribution < 1.29 is 13.2 Å². The highest BCUT2D eigenvalue weighted by Gasteiger charge is 2.39. The lowest BCUT2D eigenvalue weighted by Gasteiger charge is -2.41. The molecule has 0 radical (unpaired) electrons. The number of hydrogen-bond donors (Lipinski definition) is 0. The van der Waals surface area contributed by atoms with Gasteiger partial charge >= 0.3 is 0 Å². The molecule has 2 aliphatic heterocycles. The Morgan fingerprint density at radius 1 is 1.21 bits per heavy atom. The predicted octanol–water partition coefficient (Wildman–Crippen LogP) is -1.21. The summed E-state index contributed by atoms with van der Waals surface area (Å²) in [4.78, 5) is 0. The maximum absolute atomic E-state index is 12.3. The lowest BCUT2D eigenvalue weighted by molar-refractivity contribution is 0.0654. The summed E-state index contributed by atoms with van der Waals surface area (Å²) in [7, 11) is -3.30. The maximum atomic E-state index is 12.3. The van der Waals surface area contributed by atoms with Crippen molar-refractivity contribution in [3.05, 3.63) is 12.4 Å². The van der Waals surface area contributed by atoms with Crippen molar-refractivity contribution in [2.24, 2.45) is 5.92 Å². The van der Waals surface area contributed by atoms with E-state index in [1.165, 1.54) is 8.61 Å². The first-order chi connectivity index (χ1) is 9.16. The minimum atomic E-state index is -3.30. The van der Waals surface area contributed by atoms with Gasteiger partial charge in [0, 0.05) is 44.8 Å². The zero-order chi connectivity index (χ0) is 13.3. The van der Waals surface area contributed by atoms with Gasteiger partial charge in [-0.25, -0.2) is 0 Å². The van der Waals surface area contributed by atoms with Crippen LogP contribution in [0.3, 0.4) is 0 Å². The van der Waals surface area contributed by atoms with Gasteiger partial charge in [-0.15, -0.1) is 5.10 Å². The standard InChI is InChI=1S/C10H17N5O3S/c16-19(17,14-3-5-18-6-4-14)15-8-10(9-15)7-13-2-1-11-12-13/h1-2,10H,3-9H2. The van der Waals surface area contributed by atoms with Crippen molar-refractivity contribution >= 4 is 10.2 Å². The van der Waals surface area contributed by atoms with E-state index in [9.17, 15) is 8.42 Å². The molecular formula is C10H17N5O3S. The Morgan fingerprint density at radius 2 is 1.95 bits per heavy atom. The minimum Gasteiger partial charge on any atom is -0.379 e. The van der Waals surface area contributed by atoms with E-state index in [2.05, 4.69) is 10.3 Å². The number of nitrogens with zero attached hydrogens (tertiary/aromatic N) is 5. The molecule has 2 fully saturated rings. The van der Waals surface area contributed by atoms with Gasteiger partial charge in [-0.1, -0.05) is 5.21 Å². The third-order valence-electron chi connectivity index (χ3n) is 3.46. The molecule has 0 unspecified atom stereocenters. The molecule has 19 heavy (non-hydrogen) atoms. The molecule has 3 heterocycles. The fourth-order valence-electron chi connectivity index (χ4n) is 2.36. The lowest BCUT2D eigenvalue weighted by atomic mass is 10.0. The second-order valence-corrected chi connectivity index (χ2v) is 6.76. The first-order valence-electron chi connectivity index (χ1n) is 6.33. The van der Waals surface area contributed by atoms with Crippen LogP contribution in [0, 0.1) is 5.92 Å². The van der Waals surface area contributed by atoms with Crippen LogP contribution >= 0.6 is 0 Å². The highest BCUT2D eigenvalue weighted by molar-refractivity contribution is 7.86. The van der Waals surface area contributed by atoms with Crippen LogP contribution in [-0.2, 0) is 21.5 Å². The monoisotopic (exact) mass is 287 g/mol. The normalized spacial score (nSPS) is 23.4. The van der Waals surface area contributed by atoms with Crippen LogP contribution in [0.1, 0.15) is 0 Å². The Bertz CT molecular complexity index is 505. The second kappa shape index (κ2) is 5.16. The van der Waals surface area contributed by atoms with Crippen LogP contribution in [0.2, 0.25) is 0 Å². The number of ether oxygens (including phenoxy) is 1. The minimum absolute atomic E-state index is 0.317. The Morgan fingerprint density at radius 3 is 2.58 bits per heavy atom. The molecule has 0 aliphatic carbocycles. The van der Waals surface area contributed by atoms with Gasteiger partial charge in [-0.3, -0.25) is 4.68 Å². The number of rotatable bonds is 4. The van der Waals surface area contributed by atoms with Crippen LogP contribution in [0.15, 0.2) is 12.4 Å². The Labute approximate surface area is 112 Å². The van der Waals surface area contributed by atoms with Gasteiger partial charge in [-0.05, 0) is 0 Å². The average molecular weight is 287 g/mol. The molecule has 0 atom stereocenters. The van der Waals surface area contributed by atoms with Gasteiger partial charge in [-0.2, -0.15) is 17.0 Å². The SMILES string of the molecule is O=S(=O)(N1CCOCC1)N1CC(Cn2ccnn2)C1. The first-order valence-corrected chi connectivity index (χ1v) is 7.73. The van der Waals surface area contributed by atoms with E-state index >= 15 is 0 Å². The molecule has 1 aromatic heterocycles. The van der Waals surface area contributed by atoms with E-state index in [1.807, 2.05) is 0 Å². The second-order valence-electron chi connectivity index (χ2n) is 4.83. The van der Waals surface area contributed by atoms with E-state index in [1.54, 1.807) is 17.1 Å². The molecule has 0 N–H and O–H groups in total. The molecule has 2 saturated heterocycles. The van der Waals surface area contributed by atoms with Crippen molar-refractivity contribution in [2.45, 2.75) is 6.54 Å². The van der Waals surface area contributed by atoms with Crippen LogP contribution in [0.25, 0.3) is 0 Å². The summed E-state index contributed by atoms with van der Waals surface area (Å²) in [5.41, 5.74) is 0. The molecular weight excluding hydrogens is 270 g/mol. The molecule has 2 aliphatic rings. The Balaban J connectivity index is 1.54. The summed E-state index contributed by atoms with van der Waals surface area (Å²) in [5, 5.41) is 7.62. The number of aromatic nitrogens is 3. The molecule has 106 valence electrons. The highest BCUT2D eigenvalue weighted by atomic mass is 32.2. The molecule has 3 rings (SSSR count). The van der Waals surface area contributed by atoms with E-state index < -0.39 is 10.2 Å². The van der Waals surface area contributed by atoms with Crippen molar-refractivity contribution in [1.29, 1.82) is 0 Å². The summed E-state index contributed by atoms with van der Waals surface area (Å²) in [6, 6.07) is 0. The van der Waals surface area contributed by atoms with Gasteiger partial charge in [0.2, 0.25) is 0 Å². The summed E-state index contributed by atoms with van der Waals surface area (Å²) < 4.78 is 34.5. The van der Waals surface area contributed by atoms with Crippen LogP contribution < -0.4 is 0 Å². The molecule has 8 nitrogen and oxygen atoms in total. The zero-order valence-electron chi connectivity index (χ0n) is 10.6. The predicted molar refractivity (Wildman–Crippen MR) is 66.4 cm³/mol. The molecule has 0 saturated carbocycles. The highest BCUT2D eigenvalue weighted by Crippen LogP contribution is 2.23. The summed E-state index contributed by atoms with van der Waals surface area (Å²) >= 11 is 0. The Hall–Kier alpha value is -1.03. The molecule has 1 aromatic rings. The lowest BCUT2D eigenvalue weighted by Crippen LogP contribution is -2.57. The maximum Gasteiger partial charge on any atom is 0.282 e. The van der Waals surface area contributed by atoms with Gasteiger partial charge in [0.1, 0.15) is 0 Å². The van der Waals surface area contributed by atoms with Gasteiger partial charge in [0.25, 0.3) is 10.2 Å². The quantitative estimate of drug-likeness (QED) is 0.694. The fraction of sp³-hybridized carbons (Fsp3) is 0.800. The average Bonchev–Trinajstić information content (AvgIpc) is 2.87. The smallest absolute Gasteiger partial charge is 0.282 e. The molecule has 0 spiro atoms. The van der Waals surface area contributed by atoms with Gasteiger partial charge in [0.05, 0.1) is 19.4 Å². The third kappa shape index (κ3) is 2.64. The van der Waals surface area contributed by atoms with Crippen LogP contribution in [0.5, 0.6) is 0 Å². The number of hydrogen-bond acceptors (Lipinski definition) is 5. The van der Waals surface area contributed by atoms with Crippen molar-refractivity contribution in [3.8, 4) is 0 Å². The molecule has 0 aromatic carbocycles. The third-order valence-corrected chi connectivity index (χ3v) is 5.43. The van der Waals surface area contributed by atoms with E-state index in [4.69, 9.17) is 4.74 Å². The summed E-state index contributed by atoms with van der Waals surface area (Å²) in [5.74, 6) is 0.317.